The Balaban J connectivity index is 2.47. The molecule has 1 N–H and O–H groups in total. The highest BCUT2D eigenvalue weighted by atomic mass is 16.5. The number of ether oxygens (including phenoxy) is 1. The topological polar surface area (TPSA) is 64.4 Å². The molecule has 1 aromatic rings. The van der Waals surface area contributed by atoms with Gasteiger partial charge in [-0.1, -0.05) is 6.92 Å². The summed E-state index contributed by atoms with van der Waals surface area (Å²) < 4.78 is 10.1. The molecule has 2 unspecified atom stereocenters. The second-order valence-corrected chi connectivity index (χ2v) is 4.23. The first kappa shape index (κ1) is 13.7. The quantitative estimate of drug-likeness (QED) is 0.792. The van der Waals surface area contributed by atoms with E-state index in [0.717, 1.165) is 11.5 Å². The molecule has 1 heterocycles. The van der Waals surface area contributed by atoms with Crippen molar-refractivity contribution in [3.63, 3.8) is 0 Å². The van der Waals surface area contributed by atoms with Crippen molar-refractivity contribution >= 4 is 5.97 Å². The first-order valence-corrected chi connectivity index (χ1v) is 5.69. The van der Waals surface area contributed by atoms with Crippen molar-refractivity contribution in [1.82, 2.24) is 10.3 Å². The zero-order valence-corrected chi connectivity index (χ0v) is 11.0. The Morgan fingerprint density at radius 3 is 2.59 bits per heavy atom. The molecule has 1 aromatic heterocycles. The Labute approximate surface area is 102 Å². The first-order chi connectivity index (χ1) is 7.95. The van der Waals surface area contributed by atoms with Crippen LogP contribution in [0.2, 0.25) is 0 Å². The van der Waals surface area contributed by atoms with E-state index in [0.29, 0.717) is 12.4 Å². The number of nitrogens with one attached hydrogen (secondary N) is 1. The minimum Gasteiger partial charge on any atom is -0.469 e. The van der Waals surface area contributed by atoms with Crippen LogP contribution < -0.4 is 5.32 Å². The zero-order valence-electron chi connectivity index (χ0n) is 11.0. The van der Waals surface area contributed by atoms with Crippen LogP contribution in [0.5, 0.6) is 0 Å². The Kier molecular flexibility index (Phi) is 4.69. The summed E-state index contributed by atoms with van der Waals surface area (Å²) in [7, 11) is 1.40. The van der Waals surface area contributed by atoms with Gasteiger partial charge in [-0.3, -0.25) is 4.79 Å². The number of aryl methyl sites for hydroxylation is 2. The molecule has 0 aliphatic rings. The van der Waals surface area contributed by atoms with Crippen LogP contribution in [0.15, 0.2) is 4.42 Å². The van der Waals surface area contributed by atoms with Crippen molar-refractivity contribution in [3.8, 4) is 0 Å². The number of nitrogens with zero attached hydrogens (tertiary/aromatic N) is 1. The lowest BCUT2D eigenvalue weighted by Gasteiger charge is -2.18. The standard InChI is InChI=1S/C12H20N2O3/c1-7(12(15)16-5)8(2)13-6-11-14-9(3)10(4)17-11/h7-8,13H,6H2,1-5H3. The number of hydrogen-bond donors (Lipinski definition) is 1. The average Bonchev–Trinajstić information content (AvgIpc) is 2.63. The van der Waals surface area contributed by atoms with Gasteiger partial charge in [-0.15, -0.1) is 0 Å². The van der Waals surface area contributed by atoms with Crippen molar-refractivity contribution in [1.29, 1.82) is 0 Å². The summed E-state index contributed by atoms with van der Waals surface area (Å²) in [6.45, 7) is 8.06. The summed E-state index contributed by atoms with van der Waals surface area (Å²) in [5.74, 6) is 1.06. The zero-order chi connectivity index (χ0) is 13.0. The van der Waals surface area contributed by atoms with Crippen LogP contribution in [-0.2, 0) is 16.1 Å². The van der Waals surface area contributed by atoms with E-state index in [1.807, 2.05) is 27.7 Å². The maximum atomic E-state index is 11.3. The van der Waals surface area contributed by atoms with E-state index in [1.54, 1.807) is 0 Å². The molecule has 0 aromatic carbocycles. The van der Waals surface area contributed by atoms with E-state index in [4.69, 9.17) is 9.15 Å². The summed E-state index contributed by atoms with van der Waals surface area (Å²) in [5, 5.41) is 3.20. The minimum absolute atomic E-state index is 0.00922. The van der Waals surface area contributed by atoms with E-state index < -0.39 is 0 Å². The molecule has 96 valence electrons. The molecule has 5 heteroatoms. The summed E-state index contributed by atoms with van der Waals surface area (Å²) >= 11 is 0. The molecule has 0 aliphatic heterocycles. The molecule has 2 atom stereocenters. The molecule has 1 rings (SSSR count). The molecule has 0 saturated heterocycles. The van der Waals surface area contributed by atoms with Crippen molar-refractivity contribution in [2.24, 2.45) is 5.92 Å². The van der Waals surface area contributed by atoms with Crippen LogP contribution in [0, 0.1) is 19.8 Å². The van der Waals surface area contributed by atoms with E-state index in [2.05, 4.69) is 10.3 Å². The van der Waals surface area contributed by atoms with Gasteiger partial charge in [-0.2, -0.15) is 0 Å². The fourth-order valence-electron chi connectivity index (χ4n) is 1.43. The highest BCUT2D eigenvalue weighted by Gasteiger charge is 2.20. The molecule has 0 radical (unpaired) electrons. The maximum Gasteiger partial charge on any atom is 0.309 e. The lowest BCUT2D eigenvalue weighted by Crippen LogP contribution is -2.36. The van der Waals surface area contributed by atoms with Crippen LogP contribution in [0.25, 0.3) is 0 Å². The Bertz CT molecular complexity index is 368. The predicted octanol–water partition coefficient (Wildman–Crippen LogP) is 1.58. The normalized spacial score (nSPS) is 14.4. The van der Waals surface area contributed by atoms with E-state index in [9.17, 15) is 4.79 Å². The van der Waals surface area contributed by atoms with Gasteiger partial charge in [0.1, 0.15) is 5.76 Å². The third-order valence-corrected chi connectivity index (χ3v) is 2.97. The van der Waals surface area contributed by atoms with Gasteiger partial charge in [-0.25, -0.2) is 4.98 Å². The van der Waals surface area contributed by atoms with Crippen LogP contribution in [0.3, 0.4) is 0 Å². The van der Waals surface area contributed by atoms with Gasteiger partial charge in [0.15, 0.2) is 0 Å². The van der Waals surface area contributed by atoms with Crippen molar-refractivity contribution in [3.05, 3.63) is 17.3 Å². The molecule has 5 nitrogen and oxygen atoms in total. The van der Waals surface area contributed by atoms with Gasteiger partial charge < -0.3 is 14.5 Å². The van der Waals surface area contributed by atoms with Crippen LogP contribution in [0.1, 0.15) is 31.2 Å². The van der Waals surface area contributed by atoms with E-state index >= 15 is 0 Å². The molecular weight excluding hydrogens is 220 g/mol. The Hall–Kier alpha value is -1.36. The summed E-state index contributed by atoms with van der Waals surface area (Å²) in [4.78, 5) is 15.6. The fourth-order valence-corrected chi connectivity index (χ4v) is 1.43. The lowest BCUT2D eigenvalue weighted by molar-refractivity contribution is -0.145. The largest absolute Gasteiger partial charge is 0.469 e. The van der Waals surface area contributed by atoms with Crippen molar-refractivity contribution < 1.29 is 13.9 Å². The summed E-state index contributed by atoms with van der Waals surface area (Å²) in [6.07, 6.45) is 0. The molecule has 0 saturated carbocycles. The molecule has 0 spiro atoms. The SMILES string of the molecule is COC(=O)C(C)C(C)NCc1nc(C)c(C)o1. The van der Waals surface area contributed by atoms with Gasteiger partial charge in [-0.05, 0) is 20.8 Å². The van der Waals surface area contributed by atoms with E-state index in [-0.39, 0.29) is 17.9 Å². The highest BCUT2D eigenvalue weighted by Crippen LogP contribution is 2.10. The number of esters is 1. The molecular formula is C12H20N2O3. The second-order valence-electron chi connectivity index (χ2n) is 4.23. The van der Waals surface area contributed by atoms with Crippen molar-refractivity contribution in [2.75, 3.05) is 7.11 Å². The number of methoxy groups -OCH3 is 1. The van der Waals surface area contributed by atoms with Crippen LogP contribution >= 0.6 is 0 Å². The van der Waals surface area contributed by atoms with Gasteiger partial charge in [0.2, 0.25) is 5.89 Å². The van der Waals surface area contributed by atoms with Crippen LogP contribution in [-0.4, -0.2) is 24.1 Å². The fraction of sp³-hybridized carbons (Fsp3) is 0.667. The maximum absolute atomic E-state index is 11.3. The number of hydrogen-bond acceptors (Lipinski definition) is 5. The predicted molar refractivity (Wildman–Crippen MR) is 63.5 cm³/mol. The molecule has 0 amide bonds. The second kappa shape index (κ2) is 5.82. The smallest absolute Gasteiger partial charge is 0.309 e. The van der Waals surface area contributed by atoms with Gasteiger partial charge in [0, 0.05) is 6.04 Å². The number of carbonyl (C=O) groups excluding carboxylic acids is 1. The molecule has 0 fully saturated rings. The Morgan fingerprint density at radius 2 is 2.12 bits per heavy atom. The summed E-state index contributed by atoms with van der Waals surface area (Å²) in [5.41, 5.74) is 0.899. The van der Waals surface area contributed by atoms with E-state index in [1.165, 1.54) is 7.11 Å². The number of aromatic nitrogens is 1. The first-order valence-electron chi connectivity index (χ1n) is 5.69. The third kappa shape index (κ3) is 3.56. The third-order valence-electron chi connectivity index (χ3n) is 2.97. The number of carbonyl (C=O) groups is 1. The Morgan fingerprint density at radius 1 is 1.47 bits per heavy atom. The average molecular weight is 240 g/mol. The van der Waals surface area contributed by atoms with Gasteiger partial charge in [0.05, 0.1) is 25.3 Å². The van der Waals surface area contributed by atoms with Gasteiger partial charge in [0.25, 0.3) is 0 Å². The molecule has 17 heavy (non-hydrogen) atoms. The van der Waals surface area contributed by atoms with Gasteiger partial charge >= 0.3 is 5.97 Å². The summed E-state index contributed by atoms with van der Waals surface area (Å²) in [6, 6.07) is 0.00922. The lowest BCUT2D eigenvalue weighted by atomic mass is 10.0. The van der Waals surface area contributed by atoms with Crippen molar-refractivity contribution in [2.45, 2.75) is 40.3 Å². The monoisotopic (exact) mass is 240 g/mol. The number of oxazole rings is 1. The van der Waals surface area contributed by atoms with Crippen LogP contribution in [0.4, 0.5) is 0 Å². The molecule has 0 bridgehead atoms. The molecule has 0 aliphatic carbocycles. The number of rotatable bonds is 5. The highest BCUT2D eigenvalue weighted by molar-refractivity contribution is 5.72. The minimum atomic E-state index is -0.218.